The highest BCUT2D eigenvalue weighted by Crippen LogP contribution is 2.32. The molecule has 6 heteroatoms. The van der Waals surface area contributed by atoms with Gasteiger partial charge in [0.05, 0.1) is 11.4 Å². The summed E-state index contributed by atoms with van der Waals surface area (Å²) in [6.07, 6.45) is 3.72. The fourth-order valence-corrected chi connectivity index (χ4v) is 3.24. The van der Waals surface area contributed by atoms with E-state index >= 15 is 0 Å². The molecule has 0 saturated heterocycles. The predicted octanol–water partition coefficient (Wildman–Crippen LogP) is 2.52. The highest BCUT2D eigenvalue weighted by atomic mass is 32.2. The van der Waals surface area contributed by atoms with E-state index < -0.39 is 0 Å². The maximum atomic E-state index is 5.92. The first-order valence-electron chi connectivity index (χ1n) is 6.70. The summed E-state index contributed by atoms with van der Waals surface area (Å²) in [7, 11) is 1.98. The highest BCUT2D eigenvalue weighted by Gasteiger charge is 2.18. The van der Waals surface area contributed by atoms with E-state index in [-0.39, 0.29) is 0 Å². The van der Waals surface area contributed by atoms with Crippen molar-refractivity contribution < 1.29 is 0 Å². The zero-order chi connectivity index (χ0) is 14.8. The van der Waals surface area contributed by atoms with Crippen molar-refractivity contribution in [3.05, 3.63) is 54.0 Å². The summed E-state index contributed by atoms with van der Waals surface area (Å²) in [4.78, 5) is 4.37. The van der Waals surface area contributed by atoms with Gasteiger partial charge in [-0.2, -0.15) is 5.10 Å². The van der Waals surface area contributed by atoms with Crippen molar-refractivity contribution in [3.8, 4) is 5.69 Å². The fourth-order valence-electron chi connectivity index (χ4n) is 2.16. The van der Waals surface area contributed by atoms with E-state index in [0.29, 0.717) is 6.54 Å². The quantitative estimate of drug-likeness (QED) is 0.804. The van der Waals surface area contributed by atoms with E-state index in [0.717, 1.165) is 27.1 Å². The zero-order valence-corrected chi connectivity index (χ0v) is 12.8. The summed E-state index contributed by atoms with van der Waals surface area (Å²) < 4.78 is 3.93. The van der Waals surface area contributed by atoms with Gasteiger partial charge in [-0.1, -0.05) is 18.2 Å². The van der Waals surface area contributed by atoms with Crippen molar-refractivity contribution >= 4 is 11.8 Å². The molecule has 0 bridgehead atoms. The van der Waals surface area contributed by atoms with Crippen molar-refractivity contribution in [1.29, 1.82) is 0 Å². The molecule has 0 aliphatic heterocycles. The van der Waals surface area contributed by atoms with Gasteiger partial charge in [0, 0.05) is 31.5 Å². The second-order valence-corrected chi connectivity index (χ2v) is 5.70. The standard InChI is InChI=1S/C15H17N5S/c1-11-13(10-16)14(21-15-17-8-9-19(15)2)20(18-11)12-6-4-3-5-7-12/h3-9H,10,16H2,1-2H3. The number of nitrogens with zero attached hydrogens (tertiary/aromatic N) is 4. The zero-order valence-electron chi connectivity index (χ0n) is 12.0. The maximum absolute atomic E-state index is 5.92. The molecular weight excluding hydrogens is 282 g/mol. The number of benzene rings is 1. The number of para-hydroxylation sites is 1. The molecule has 2 N–H and O–H groups in total. The first kappa shape index (κ1) is 13.9. The summed E-state index contributed by atoms with van der Waals surface area (Å²) in [5.41, 5.74) is 8.96. The Bertz CT molecular complexity index is 745. The molecule has 2 heterocycles. The molecule has 0 unspecified atom stereocenters. The number of hydrogen-bond donors (Lipinski definition) is 1. The van der Waals surface area contributed by atoms with Crippen LogP contribution in [0.15, 0.2) is 52.9 Å². The molecule has 0 fully saturated rings. The summed E-state index contributed by atoms with van der Waals surface area (Å²) in [5.74, 6) is 0. The van der Waals surface area contributed by atoms with Crippen LogP contribution in [0.25, 0.3) is 5.69 Å². The molecule has 1 aromatic carbocycles. The molecule has 3 rings (SSSR count). The maximum Gasteiger partial charge on any atom is 0.174 e. The fraction of sp³-hybridized carbons (Fsp3) is 0.200. The third kappa shape index (κ3) is 2.59. The van der Waals surface area contributed by atoms with Gasteiger partial charge in [0.1, 0.15) is 5.03 Å². The van der Waals surface area contributed by atoms with Crippen molar-refractivity contribution in [2.24, 2.45) is 12.8 Å². The molecule has 5 nitrogen and oxygen atoms in total. The Morgan fingerprint density at radius 2 is 2.00 bits per heavy atom. The summed E-state index contributed by atoms with van der Waals surface area (Å²) in [5, 5.41) is 6.58. The smallest absolute Gasteiger partial charge is 0.174 e. The largest absolute Gasteiger partial charge is 0.329 e. The first-order valence-corrected chi connectivity index (χ1v) is 7.51. The van der Waals surface area contributed by atoms with Crippen LogP contribution < -0.4 is 5.73 Å². The molecule has 2 aromatic heterocycles. The number of aromatic nitrogens is 4. The van der Waals surface area contributed by atoms with E-state index in [9.17, 15) is 0 Å². The van der Waals surface area contributed by atoms with Gasteiger partial charge in [0.15, 0.2) is 5.16 Å². The van der Waals surface area contributed by atoms with Crippen LogP contribution in [-0.2, 0) is 13.6 Å². The van der Waals surface area contributed by atoms with E-state index in [1.807, 2.05) is 59.7 Å². The Labute approximate surface area is 127 Å². The van der Waals surface area contributed by atoms with Gasteiger partial charge in [0.25, 0.3) is 0 Å². The van der Waals surface area contributed by atoms with Crippen LogP contribution in [0.5, 0.6) is 0 Å². The minimum atomic E-state index is 0.464. The molecule has 0 saturated carbocycles. The Hall–Kier alpha value is -2.05. The predicted molar refractivity (Wildman–Crippen MR) is 83.5 cm³/mol. The number of nitrogens with two attached hydrogens (primary N) is 1. The second kappa shape index (κ2) is 5.75. The van der Waals surface area contributed by atoms with E-state index in [1.165, 1.54) is 0 Å². The lowest BCUT2D eigenvalue weighted by Crippen LogP contribution is -2.02. The van der Waals surface area contributed by atoms with Gasteiger partial charge < -0.3 is 10.3 Å². The number of aryl methyl sites for hydroxylation is 2. The van der Waals surface area contributed by atoms with Crippen LogP contribution in [0.3, 0.4) is 0 Å². The molecular formula is C15H17N5S. The molecule has 108 valence electrons. The van der Waals surface area contributed by atoms with Gasteiger partial charge >= 0.3 is 0 Å². The number of rotatable bonds is 4. The lowest BCUT2D eigenvalue weighted by Gasteiger charge is -2.08. The topological polar surface area (TPSA) is 61.7 Å². The lowest BCUT2D eigenvalue weighted by atomic mass is 10.3. The molecule has 0 atom stereocenters. The van der Waals surface area contributed by atoms with Crippen molar-refractivity contribution in [1.82, 2.24) is 19.3 Å². The van der Waals surface area contributed by atoms with E-state index in [2.05, 4.69) is 10.1 Å². The minimum Gasteiger partial charge on any atom is -0.329 e. The van der Waals surface area contributed by atoms with Gasteiger partial charge in [-0.3, -0.25) is 0 Å². The van der Waals surface area contributed by atoms with Crippen LogP contribution in [0.1, 0.15) is 11.3 Å². The Morgan fingerprint density at radius 3 is 2.62 bits per heavy atom. The molecule has 0 amide bonds. The molecule has 3 aromatic rings. The summed E-state index contributed by atoms with van der Waals surface area (Å²) >= 11 is 1.59. The molecule has 0 aliphatic carbocycles. The average Bonchev–Trinajstić information content (AvgIpc) is 3.04. The monoisotopic (exact) mass is 299 g/mol. The third-order valence-corrected chi connectivity index (χ3v) is 4.50. The lowest BCUT2D eigenvalue weighted by molar-refractivity contribution is 0.765. The third-order valence-electron chi connectivity index (χ3n) is 3.31. The van der Waals surface area contributed by atoms with Crippen LogP contribution >= 0.6 is 11.8 Å². The molecule has 21 heavy (non-hydrogen) atoms. The second-order valence-electron chi connectivity index (χ2n) is 4.74. The Kier molecular flexibility index (Phi) is 3.81. The SMILES string of the molecule is Cc1nn(-c2ccccc2)c(Sc2nccn2C)c1CN. The van der Waals surface area contributed by atoms with Crippen LogP contribution in [0.4, 0.5) is 0 Å². The van der Waals surface area contributed by atoms with Gasteiger partial charge in [-0.05, 0) is 30.8 Å². The molecule has 0 spiro atoms. The van der Waals surface area contributed by atoms with E-state index in [1.54, 1.807) is 18.0 Å². The van der Waals surface area contributed by atoms with Crippen LogP contribution in [-0.4, -0.2) is 19.3 Å². The molecule has 0 aliphatic rings. The summed E-state index contributed by atoms with van der Waals surface area (Å²) in [6.45, 7) is 2.45. The molecule has 0 radical (unpaired) electrons. The summed E-state index contributed by atoms with van der Waals surface area (Å²) in [6, 6.07) is 10.1. The average molecular weight is 299 g/mol. The Morgan fingerprint density at radius 1 is 1.24 bits per heavy atom. The first-order chi connectivity index (χ1) is 10.2. The van der Waals surface area contributed by atoms with Crippen molar-refractivity contribution in [2.75, 3.05) is 0 Å². The number of imidazole rings is 1. The van der Waals surface area contributed by atoms with Gasteiger partial charge in [-0.25, -0.2) is 9.67 Å². The minimum absolute atomic E-state index is 0.464. The van der Waals surface area contributed by atoms with Gasteiger partial charge in [0.2, 0.25) is 0 Å². The van der Waals surface area contributed by atoms with E-state index in [4.69, 9.17) is 5.73 Å². The van der Waals surface area contributed by atoms with Crippen LogP contribution in [0.2, 0.25) is 0 Å². The van der Waals surface area contributed by atoms with Gasteiger partial charge in [-0.15, -0.1) is 0 Å². The number of hydrogen-bond acceptors (Lipinski definition) is 4. The Balaban J connectivity index is 2.11. The normalized spacial score (nSPS) is 11.0. The van der Waals surface area contributed by atoms with Crippen LogP contribution in [0, 0.1) is 6.92 Å². The highest BCUT2D eigenvalue weighted by molar-refractivity contribution is 7.99. The van der Waals surface area contributed by atoms with Crippen molar-refractivity contribution in [3.63, 3.8) is 0 Å². The van der Waals surface area contributed by atoms with Crippen molar-refractivity contribution in [2.45, 2.75) is 23.7 Å².